The number of aryl methyl sites for hydroxylation is 2. The Morgan fingerprint density at radius 2 is 2.00 bits per heavy atom. The molecule has 1 aromatic heterocycles. The number of nitrogens with zero attached hydrogens (tertiary/aromatic N) is 2. The molecule has 0 aliphatic carbocycles. The maximum Gasteiger partial charge on any atom is 0.0847 e. The molecule has 18 heavy (non-hydrogen) atoms. The van der Waals surface area contributed by atoms with Crippen LogP contribution in [0.5, 0.6) is 0 Å². The van der Waals surface area contributed by atoms with Gasteiger partial charge in [0.25, 0.3) is 0 Å². The lowest BCUT2D eigenvalue weighted by molar-refractivity contribution is 0.359. The normalized spacial score (nSPS) is 13.9. The summed E-state index contributed by atoms with van der Waals surface area (Å²) in [4.78, 5) is 0. The summed E-state index contributed by atoms with van der Waals surface area (Å²) in [6.07, 6.45) is 2.12. The van der Waals surface area contributed by atoms with E-state index >= 15 is 0 Å². The van der Waals surface area contributed by atoms with Crippen molar-refractivity contribution in [1.82, 2.24) is 15.1 Å². The lowest BCUT2D eigenvalue weighted by Crippen LogP contribution is -2.39. The average molecular weight is 272 g/mol. The third kappa shape index (κ3) is 4.29. The van der Waals surface area contributed by atoms with Gasteiger partial charge in [-0.25, -0.2) is 0 Å². The molecule has 0 aliphatic rings. The van der Waals surface area contributed by atoms with Gasteiger partial charge < -0.3 is 5.32 Å². The van der Waals surface area contributed by atoms with E-state index in [-0.39, 0.29) is 5.54 Å². The monoisotopic (exact) mass is 271 g/mol. The van der Waals surface area contributed by atoms with Crippen LogP contribution in [-0.2, 0) is 13.5 Å². The zero-order valence-corrected chi connectivity index (χ0v) is 13.2. The maximum absolute atomic E-state index is 6.30. The van der Waals surface area contributed by atoms with Crippen molar-refractivity contribution in [2.24, 2.45) is 13.0 Å². The zero-order chi connectivity index (χ0) is 13.9. The van der Waals surface area contributed by atoms with Crippen molar-refractivity contribution in [3.63, 3.8) is 0 Å². The average Bonchev–Trinajstić information content (AvgIpc) is 2.48. The van der Waals surface area contributed by atoms with Crippen molar-refractivity contribution in [1.29, 1.82) is 0 Å². The largest absolute Gasteiger partial charge is 0.312 e. The number of rotatable bonds is 5. The quantitative estimate of drug-likeness (QED) is 0.890. The van der Waals surface area contributed by atoms with E-state index in [0.29, 0.717) is 5.92 Å². The van der Waals surface area contributed by atoms with Gasteiger partial charge in [-0.2, -0.15) is 5.10 Å². The Balaban J connectivity index is 2.68. The topological polar surface area (TPSA) is 29.9 Å². The third-order valence-electron chi connectivity index (χ3n) is 3.24. The first-order valence-corrected chi connectivity index (χ1v) is 7.05. The minimum Gasteiger partial charge on any atom is -0.312 e. The molecule has 0 radical (unpaired) electrons. The molecule has 0 saturated carbocycles. The summed E-state index contributed by atoms with van der Waals surface area (Å²) in [5.41, 5.74) is 2.24. The van der Waals surface area contributed by atoms with Gasteiger partial charge in [-0.05, 0) is 46.6 Å². The summed E-state index contributed by atoms with van der Waals surface area (Å²) in [7, 11) is 1.97. The minimum atomic E-state index is 0.166. The van der Waals surface area contributed by atoms with Crippen LogP contribution in [0.2, 0.25) is 5.02 Å². The van der Waals surface area contributed by atoms with Gasteiger partial charge in [-0.3, -0.25) is 4.68 Å². The lowest BCUT2D eigenvalue weighted by atomic mass is 9.98. The SMILES string of the molecule is CCC(CNC(C)(C)C)Cc1c(Cl)c(C)nn1C. The van der Waals surface area contributed by atoms with Gasteiger partial charge in [0.1, 0.15) is 0 Å². The predicted molar refractivity (Wildman–Crippen MR) is 78.2 cm³/mol. The molecule has 1 rings (SSSR count). The first-order valence-electron chi connectivity index (χ1n) is 6.67. The lowest BCUT2D eigenvalue weighted by Gasteiger charge is -2.24. The summed E-state index contributed by atoms with van der Waals surface area (Å²) in [6.45, 7) is 11.8. The van der Waals surface area contributed by atoms with E-state index < -0.39 is 0 Å². The third-order valence-corrected chi connectivity index (χ3v) is 3.73. The molecular weight excluding hydrogens is 246 g/mol. The standard InChI is InChI=1S/C14H26ClN3/c1-7-11(9-16-14(3,4)5)8-12-13(15)10(2)17-18(12)6/h11,16H,7-9H2,1-6H3. The van der Waals surface area contributed by atoms with Gasteiger partial charge >= 0.3 is 0 Å². The smallest absolute Gasteiger partial charge is 0.0847 e. The molecule has 0 aromatic carbocycles. The highest BCUT2D eigenvalue weighted by Crippen LogP contribution is 2.23. The Kier molecular flexibility index (Phi) is 5.23. The fourth-order valence-electron chi connectivity index (χ4n) is 1.99. The molecule has 0 amide bonds. The highest BCUT2D eigenvalue weighted by atomic mass is 35.5. The molecule has 1 atom stereocenters. The molecule has 1 unspecified atom stereocenters. The van der Waals surface area contributed by atoms with E-state index in [9.17, 15) is 0 Å². The Morgan fingerprint density at radius 3 is 2.39 bits per heavy atom. The summed E-state index contributed by atoms with van der Waals surface area (Å²) in [6, 6.07) is 0. The second-order valence-corrected chi connectivity index (χ2v) is 6.46. The van der Waals surface area contributed by atoms with Crippen molar-refractivity contribution >= 4 is 11.6 Å². The number of hydrogen-bond donors (Lipinski definition) is 1. The Morgan fingerprint density at radius 1 is 1.39 bits per heavy atom. The van der Waals surface area contributed by atoms with Crippen LogP contribution in [0.25, 0.3) is 0 Å². The van der Waals surface area contributed by atoms with E-state index in [1.165, 1.54) is 0 Å². The van der Waals surface area contributed by atoms with E-state index in [0.717, 1.165) is 35.8 Å². The van der Waals surface area contributed by atoms with Crippen LogP contribution < -0.4 is 5.32 Å². The van der Waals surface area contributed by atoms with E-state index in [1.807, 2.05) is 18.7 Å². The van der Waals surface area contributed by atoms with Crippen LogP contribution in [-0.4, -0.2) is 21.9 Å². The van der Waals surface area contributed by atoms with Gasteiger partial charge in [0.2, 0.25) is 0 Å². The van der Waals surface area contributed by atoms with Gasteiger partial charge in [0, 0.05) is 12.6 Å². The van der Waals surface area contributed by atoms with E-state index in [4.69, 9.17) is 11.6 Å². The molecule has 3 nitrogen and oxygen atoms in total. The Bertz CT molecular complexity index is 390. The number of nitrogens with one attached hydrogen (secondary N) is 1. The molecule has 104 valence electrons. The molecule has 4 heteroatoms. The number of aromatic nitrogens is 2. The van der Waals surface area contributed by atoms with Crippen LogP contribution in [0.4, 0.5) is 0 Å². The first-order chi connectivity index (χ1) is 8.24. The maximum atomic E-state index is 6.30. The highest BCUT2D eigenvalue weighted by Gasteiger charge is 2.18. The van der Waals surface area contributed by atoms with Gasteiger partial charge in [-0.1, -0.05) is 24.9 Å². The molecule has 1 aromatic rings. The molecule has 0 spiro atoms. The summed E-state index contributed by atoms with van der Waals surface area (Å²) in [5.74, 6) is 0.594. The second-order valence-electron chi connectivity index (χ2n) is 6.08. The number of halogens is 1. The molecule has 0 saturated heterocycles. The van der Waals surface area contributed by atoms with Crippen molar-refractivity contribution in [3.8, 4) is 0 Å². The second kappa shape index (κ2) is 6.07. The fourth-order valence-corrected chi connectivity index (χ4v) is 2.22. The summed E-state index contributed by atoms with van der Waals surface area (Å²) in [5, 5.41) is 8.76. The minimum absolute atomic E-state index is 0.166. The van der Waals surface area contributed by atoms with Gasteiger partial charge in [0.05, 0.1) is 16.4 Å². The van der Waals surface area contributed by atoms with Crippen molar-refractivity contribution in [2.75, 3.05) is 6.54 Å². The molecule has 0 fully saturated rings. The van der Waals surface area contributed by atoms with Crippen LogP contribution >= 0.6 is 11.6 Å². The van der Waals surface area contributed by atoms with Crippen LogP contribution in [0.1, 0.15) is 45.5 Å². The first kappa shape index (κ1) is 15.5. The van der Waals surface area contributed by atoms with Gasteiger partial charge in [0.15, 0.2) is 0 Å². The molecule has 1 heterocycles. The van der Waals surface area contributed by atoms with Crippen LogP contribution in [0.15, 0.2) is 0 Å². The molecule has 0 aliphatic heterocycles. The van der Waals surface area contributed by atoms with Gasteiger partial charge in [-0.15, -0.1) is 0 Å². The van der Waals surface area contributed by atoms with Crippen molar-refractivity contribution in [2.45, 2.75) is 53.0 Å². The summed E-state index contributed by atoms with van der Waals surface area (Å²) >= 11 is 6.30. The Labute approximate surface area is 116 Å². The van der Waals surface area contributed by atoms with E-state index in [1.54, 1.807) is 0 Å². The number of hydrogen-bond acceptors (Lipinski definition) is 2. The van der Waals surface area contributed by atoms with Crippen molar-refractivity contribution < 1.29 is 0 Å². The molecule has 0 bridgehead atoms. The van der Waals surface area contributed by atoms with E-state index in [2.05, 4.69) is 38.1 Å². The van der Waals surface area contributed by atoms with Crippen LogP contribution in [0.3, 0.4) is 0 Å². The summed E-state index contributed by atoms with van der Waals surface area (Å²) < 4.78 is 1.91. The molecular formula is C14H26ClN3. The fraction of sp³-hybridized carbons (Fsp3) is 0.786. The predicted octanol–water partition coefficient (Wildman–Crippen LogP) is 3.34. The van der Waals surface area contributed by atoms with Crippen molar-refractivity contribution in [3.05, 3.63) is 16.4 Å². The molecule has 1 N–H and O–H groups in total. The van der Waals surface area contributed by atoms with Crippen LogP contribution in [0, 0.1) is 12.8 Å². The highest BCUT2D eigenvalue weighted by molar-refractivity contribution is 6.31. The Hall–Kier alpha value is -0.540. The zero-order valence-electron chi connectivity index (χ0n) is 12.5.